The second-order valence-electron chi connectivity index (χ2n) is 5.98. The summed E-state index contributed by atoms with van der Waals surface area (Å²) in [6.07, 6.45) is 2.53. The molecule has 2 aromatic rings. The third-order valence-corrected chi connectivity index (χ3v) is 5.14. The van der Waals surface area contributed by atoms with Crippen molar-refractivity contribution in [3.05, 3.63) is 48.5 Å². The number of carbonyl (C=O) groups excluding carboxylic acids is 1. The molecule has 1 N–H and O–H groups in total. The van der Waals surface area contributed by atoms with Gasteiger partial charge in [0.1, 0.15) is 5.75 Å². The van der Waals surface area contributed by atoms with Gasteiger partial charge in [0.05, 0.1) is 12.4 Å². The van der Waals surface area contributed by atoms with E-state index in [-0.39, 0.29) is 5.91 Å². The van der Waals surface area contributed by atoms with E-state index in [1.165, 1.54) is 30.3 Å². The first-order valence-electron chi connectivity index (χ1n) is 8.75. The average Bonchev–Trinajstić information content (AvgIpc) is 3.17. The number of thioether (sulfide) groups is 1. The molecule has 1 amide bonds. The zero-order valence-electron chi connectivity index (χ0n) is 14.5. The molecule has 0 aliphatic carbocycles. The minimum atomic E-state index is 0.00723. The number of benzene rings is 2. The number of rotatable bonds is 7. The van der Waals surface area contributed by atoms with Crippen LogP contribution in [0.25, 0.3) is 0 Å². The summed E-state index contributed by atoms with van der Waals surface area (Å²) in [6.45, 7) is 4.88. The van der Waals surface area contributed by atoms with Crippen LogP contribution in [0.15, 0.2) is 53.4 Å². The Morgan fingerprint density at radius 1 is 1.08 bits per heavy atom. The van der Waals surface area contributed by atoms with E-state index < -0.39 is 0 Å². The number of amides is 1. The first-order valence-corrected chi connectivity index (χ1v) is 9.73. The van der Waals surface area contributed by atoms with Crippen molar-refractivity contribution >= 4 is 29.0 Å². The maximum atomic E-state index is 12.1. The van der Waals surface area contributed by atoms with Gasteiger partial charge in [-0.3, -0.25) is 4.79 Å². The number of ether oxygens (including phenoxy) is 1. The quantitative estimate of drug-likeness (QED) is 0.746. The molecule has 5 heteroatoms. The summed E-state index contributed by atoms with van der Waals surface area (Å²) in [7, 11) is 0. The van der Waals surface area contributed by atoms with Crippen LogP contribution in [0.3, 0.4) is 0 Å². The van der Waals surface area contributed by atoms with Crippen LogP contribution in [0.1, 0.15) is 19.8 Å². The number of hydrogen-bond acceptors (Lipinski definition) is 4. The Hall–Kier alpha value is -2.14. The van der Waals surface area contributed by atoms with Crippen LogP contribution in [0.5, 0.6) is 5.75 Å². The Labute approximate surface area is 153 Å². The second kappa shape index (κ2) is 8.81. The summed E-state index contributed by atoms with van der Waals surface area (Å²) in [4.78, 5) is 15.6. The molecule has 4 nitrogen and oxygen atoms in total. The fourth-order valence-electron chi connectivity index (χ4n) is 2.88. The molecule has 0 radical (unpaired) electrons. The molecule has 132 valence electrons. The minimum absolute atomic E-state index is 0.00723. The largest absolute Gasteiger partial charge is 0.494 e. The van der Waals surface area contributed by atoms with E-state index in [9.17, 15) is 4.79 Å². The monoisotopic (exact) mass is 356 g/mol. The van der Waals surface area contributed by atoms with Crippen LogP contribution in [0, 0.1) is 0 Å². The topological polar surface area (TPSA) is 41.6 Å². The van der Waals surface area contributed by atoms with E-state index in [1.807, 2.05) is 43.3 Å². The highest BCUT2D eigenvalue weighted by atomic mass is 32.2. The van der Waals surface area contributed by atoms with Crippen LogP contribution in [0.2, 0.25) is 0 Å². The third kappa shape index (κ3) is 5.16. The Kier molecular flexibility index (Phi) is 6.23. The molecule has 1 saturated heterocycles. The SMILES string of the molecule is CCOc1ccc(SCC(=O)Nc2ccc(N3CCCC3)cc2)cc1. The second-order valence-corrected chi connectivity index (χ2v) is 7.03. The standard InChI is InChI=1S/C20H24N2O2S/c1-2-24-18-9-11-19(12-10-18)25-15-20(23)21-16-5-7-17(8-6-16)22-13-3-4-14-22/h5-12H,2-4,13-15H2,1H3,(H,21,23). The van der Waals surface area contributed by atoms with E-state index in [0.717, 1.165) is 29.4 Å². The van der Waals surface area contributed by atoms with Crippen molar-refractivity contribution in [2.24, 2.45) is 0 Å². The lowest BCUT2D eigenvalue weighted by Gasteiger charge is -2.17. The number of nitrogens with one attached hydrogen (secondary N) is 1. The summed E-state index contributed by atoms with van der Waals surface area (Å²) in [6, 6.07) is 15.9. The van der Waals surface area contributed by atoms with Crippen molar-refractivity contribution in [2.45, 2.75) is 24.7 Å². The van der Waals surface area contributed by atoms with Crippen molar-refractivity contribution in [2.75, 3.05) is 35.7 Å². The van der Waals surface area contributed by atoms with Crippen molar-refractivity contribution in [3.8, 4) is 5.75 Å². The van der Waals surface area contributed by atoms with Gasteiger partial charge in [-0.25, -0.2) is 0 Å². The average molecular weight is 356 g/mol. The highest BCUT2D eigenvalue weighted by molar-refractivity contribution is 8.00. The molecule has 0 unspecified atom stereocenters. The number of nitrogens with zero attached hydrogens (tertiary/aromatic N) is 1. The fraction of sp³-hybridized carbons (Fsp3) is 0.350. The molecular weight excluding hydrogens is 332 g/mol. The van der Waals surface area contributed by atoms with E-state index in [0.29, 0.717) is 12.4 Å². The van der Waals surface area contributed by atoms with Crippen LogP contribution in [0.4, 0.5) is 11.4 Å². The molecule has 0 bridgehead atoms. The first-order chi connectivity index (χ1) is 12.2. The molecule has 1 heterocycles. The molecule has 25 heavy (non-hydrogen) atoms. The fourth-order valence-corrected chi connectivity index (χ4v) is 3.57. The molecular formula is C20H24N2O2S. The molecule has 0 spiro atoms. The molecule has 1 aliphatic rings. The van der Waals surface area contributed by atoms with Gasteiger partial charge in [0.2, 0.25) is 5.91 Å². The predicted octanol–water partition coefficient (Wildman–Crippen LogP) is 4.42. The van der Waals surface area contributed by atoms with Gasteiger partial charge in [-0.1, -0.05) is 0 Å². The Morgan fingerprint density at radius 2 is 1.76 bits per heavy atom. The molecule has 2 aromatic carbocycles. The normalized spacial score (nSPS) is 13.7. The van der Waals surface area contributed by atoms with E-state index in [4.69, 9.17) is 4.74 Å². The first kappa shape index (κ1) is 17.7. The number of carbonyl (C=O) groups is 1. The summed E-state index contributed by atoms with van der Waals surface area (Å²) in [5.74, 6) is 1.25. The van der Waals surface area contributed by atoms with Gasteiger partial charge in [0.15, 0.2) is 0 Å². The van der Waals surface area contributed by atoms with Crippen molar-refractivity contribution in [1.82, 2.24) is 0 Å². The lowest BCUT2D eigenvalue weighted by atomic mass is 10.2. The van der Waals surface area contributed by atoms with Crippen LogP contribution >= 0.6 is 11.8 Å². The van der Waals surface area contributed by atoms with E-state index >= 15 is 0 Å². The van der Waals surface area contributed by atoms with Crippen molar-refractivity contribution < 1.29 is 9.53 Å². The van der Waals surface area contributed by atoms with Crippen molar-refractivity contribution in [3.63, 3.8) is 0 Å². The molecule has 1 fully saturated rings. The van der Waals surface area contributed by atoms with Crippen molar-refractivity contribution in [1.29, 1.82) is 0 Å². The zero-order chi connectivity index (χ0) is 17.5. The predicted molar refractivity (Wildman–Crippen MR) is 105 cm³/mol. The summed E-state index contributed by atoms with van der Waals surface area (Å²) < 4.78 is 5.42. The third-order valence-electron chi connectivity index (χ3n) is 4.13. The maximum Gasteiger partial charge on any atom is 0.234 e. The van der Waals surface area contributed by atoms with Gasteiger partial charge in [0.25, 0.3) is 0 Å². The van der Waals surface area contributed by atoms with Gasteiger partial charge in [-0.05, 0) is 68.3 Å². The molecule has 1 aliphatic heterocycles. The molecule has 0 saturated carbocycles. The Morgan fingerprint density at radius 3 is 2.40 bits per heavy atom. The van der Waals surface area contributed by atoms with Crippen LogP contribution in [-0.4, -0.2) is 31.4 Å². The van der Waals surface area contributed by atoms with Gasteiger partial charge in [0, 0.05) is 29.4 Å². The maximum absolute atomic E-state index is 12.1. The van der Waals surface area contributed by atoms with Gasteiger partial charge >= 0.3 is 0 Å². The lowest BCUT2D eigenvalue weighted by molar-refractivity contribution is -0.113. The number of anilines is 2. The summed E-state index contributed by atoms with van der Waals surface area (Å²) in [5, 5.41) is 2.96. The molecule has 3 rings (SSSR count). The highest BCUT2D eigenvalue weighted by Crippen LogP contribution is 2.23. The van der Waals surface area contributed by atoms with Gasteiger partial charge in [-0.15, -0.1) is 11.8 Å². The molecule has 0 atom stereocenters. The zero-order valence-corrected chi connectivity index (χ0v) is 15.3. The molecule has 0 aromatic heterocycles. The van der Waals surface area contributed by atoms with Crippen LogP contribution in [-0.2, 0) is 4.79 Å². The Bertz CT molecular complexity index is 680. The van der Waals surface area contributed by atoms with E-state index in [2.05, 4.69) is 22.3 Å². The van der Waals surface area contributed by atoms with E-state index in [1.54, 1.807) is 0 Å². The highest BCUT2D eigenvalue weighted by Gasteiger charge is 2.12. The Balaban J connectivity index is 1.47. The smallest absolute Gasteiger partial charge is 0.234 e. The van der Waals surface area contributed by atoms with Crippen LogP contribution < -0.4 is 15.0 Å². The summed E-state index contributed by atoms with van der Waals surface area (Å²) in [5.41, 5.74) is 2.08. The van der Waals surface area contributed by atoms with Gasteiger partial charge in [-0.2, -0.15) is 0 Å². The lowest BCUT2D eigenvalue weighted by Crippen LogP contribution is -2.18. The van der Waals surface area contributed by atoms with Gasteiger partial charge < -0.3 is 15.0 Å². The summed E-state index contributed by atoms with van der Waals surface area (Å²) >= 11 is 1.52. The number of hydrogen-bond donors (Lipinski definition) is 1. The minimum Gasteiger partial charge on any atom is -0.494 e.